The van der Waals surface area contributed by atoms with E-state index < -0.39 is 17.6 Å². The Kier molecular flexibility index (Phi) is 3.80. The minimum Gasteiger partial charge on any atom is -0.348 e. The average molecular weight is 407 g/mol. The summed E-state index contributed by atoms with van der Waals surface area (Å²) >= 11 is 0. The standard InChI is InChI=1S/C23H16F3N3O/c1-14-11-12-16-17(13-14)21-27-18-9-5-6-10-19(18)29(21)22(20(16)30,23(24,25)26)28-15-7-3-2-4-8-15/h2-13,28H,1H3. The van der Waals surface area contributed by atoms with Gasteiger partial charge in [0.2, 0.25) is 5.78 Å². The van der Waals surface area contributed by atoms with Crippen molar-refractivity contribution in [1.29, 1.82) is 0 Å². The van der Waals surface area contributed by atoms with Crippen LogP contribution in [0.4, 0.5) is 18.9 Å². The van der Waals surface area contributed by atoms with Gasteiger partial charge in [0.15, 0.2) is 0 Å². The van der Waals surface area contributed by atoms with E-state index >= 15 is 0 Å². The van der Waals surface area contributed by atoms with Gasteiger partial charge in [-0.25, -0.2) is 4.98 Å². The molecule has 0 radical (unpaired) electrons. The van der Waals surface area contributed by atoms with Gasteiger partial charge in [-0.05, 0) is 37.3 Å². The van der Waals surface area contributed by atoms with Gasteiger partial charge in [0.25, 0.3) is 5.66 Å². The molecular weight excluding hydrogens is 391 g/mol. The van der Waals surface area contributed by atoms with Crippen molar-refractivity contribution in [1.82, 2.24) is 9.55 Å². The van der Waals surface area contributed by atoms with Crippen LogP contribution in [0.1, 0.15) is 15.9 Å². The summed E-state index contributed by atoms with van der Waals surface area (Å²) in [5.74, 6) is -0.959. The number of hydrogen-bond acceptors (Lipinski definition) is 3. The van der Waals surface area contributed by atoms with Crippen LogP contribution in [0.2, 0.25) is 0 Å². The van der Waals surface area contributed by atoms with E-state index in [0.717, 1.165) is 10.1 Å². The van der Waals surface area contributed by atoms with Crippen molar-refractivity contribution < 1.29 is 18.0 Å². The number of nitrogens with one attached hydrogen (secondary N) is 1. The van der Waals surface area contributed by atoms with Crippen LogP contribution >= 0.6 is 0 Å². The molecule has 0 aliphatic carbocycles. The van der Waals surface area contributed by atoms with Gasteiger partial charge in [-0.3, -0.25) is 9.36 Å². The largest absolute Gasteiger partial charge is 0.438 e. The molecule has 0 saturated carbocycles. The summed E-state index contributed by atoms with van der Waals surface area (Å²) in [7, 11) is 0. The molecule has 4 nitrogen and oxygen atoms in total. The second-order valence-corrected chi connectivity index (χ2v) is 7.34. The molecule has 0 saturated heterocycles. The van der Waals surface area contributed by atoms with Crippen molar-refractivity contribution in [2.24, 2.45) is 0 Å². The Bertz CT molecular complexity index is 1290. The molecule has 1 aliphatic rings. The number of carbonyl (C=O) groups excluding carboxylic acids is 1. The molecular formula is C23H16F3N3O. The minimum absolute atomic E-state index is 0.0100. The molecule has 1 aliphatic heterocycles. The first-order valence-electron chi connectivity index (χ1n) is 9.37. The Balaban J connectivity index is 1.92. The van der Waals surface area contributed by atoms with Gasteiger partial charge in [0.1, 0.15) is 5.82 Å². The van der Waals surface area contributed by atoms with E-state index in [9.17, 15) is 18.0 Å². The number of carbonyl (C=O) groups is 1. The first-order chi connectivity index (χ1) is 14.3. The van der Waals surface area contributed by atoms with Crippen LogP contribution < -0.4 is 5.32 Å². The van der Waals surface area contributed by atoms with E-state index in [-0.39, 0.29) is 22.6 Å². The van der Waals surface area contributed by atoms with E-state index in [1.165, 1.54) is 18.2 Å². The average Bonchev–Trinajstić information content (AvgIpc) is 3.11. The molecule has 0 fully saturated rings. The van der Waals surface area contributed by atoms with Gasteiger partial charge in [0.05, 0.1) is 11.0 Å². The van der Waals surface area contributed by atoms with E-state index in [2.05, 4.69) is 10.3 Å². The highest BCUT2D eigenvalue weighted by Crippen LogP contribution is 2.48. The summed E-state index contributed by atoms with van der Waals surface area (Å²) in [5.41, 5.74) is -1.01. The number of imidazole rings is 1. The number of aryl methyl sites for hydroxylation is 1. The van der Waals surface area contributed by atoms with Crippen LogP contribution in [0, 0.1) is 6.92 Å². The SMILES string of the molecule is Cc1ccc2c(c1)-c1nc3ccccc3n1C(Nc1ccccc1)(C(F)(F)F)C2=O. The number of halogens is 3. The maximum atomic E-state index is 14.9. The Morgan fingerprint density at radius 3 is 2.37 bits per heavy atom. The molecule has 2 heterocycles. The van der Waals surface area contributed by atoms with Gasteiger partial charge in [0, 0.05) is 16.8 Å². The molecule has 0 spiro atoms. The fraction of sp³-hybridized carbons (Fsp3) is 0.130. The number of benzene rings is 3. The lowest BCUT2D eigenvalue weighted by Crippen LogP contribution is -2.61. The second kappa shape index (κ2) is 6.19. The number of fused-ring (bicyclic) bond motifs is 5. The lowest BCUT2D eigenvalue weighted by Gasteiger charge is -2.41. The number of nitrogens with zero attached hydrogens (tertiary/aromatic N) is 2. The molecule has 7 heteroatoms. The Labute approximate surface area is 170 Å². The summed E-state index contributed by atoms with van der Waals surface area (Å²) in [6.07, 6.45) is -4.94. The van der Waals surface area contributed by atoms with Gasteiger partial charge in [-0.1, -0.05) is 48.0 Å². The predicted molar refractivity (Wildman–Crippen MR) is 108 cm³/mol. The third-order valence-corrected chi connectivity index (χ3v) is 5.39. The fourth-order valence-electron chi connectivity index (χ4n) is 4.05. The van der Waals surface area contributed by atoms with Crippen LogP contribution in [-0.4, -0.2) is 21.5 Å². The van der Waals surface area contributed by atoms with Crippen molar-refractivity contribution >= 4 is 22.5 Å². The highest BCUT2D eigenvalue weighted by atomic mass is 19.4. The van der Waals surface area contributed by atoms with Crippen LogP contribution in [0.5, 0.6) is 0 Å². The van der Waals surface area contributed by atoms with Gasteiger partial charge < -0.3 is 5.32 Å². The Morgan fingerprint density at radius 1 is 0.933 bits per heavy atom. The zero-order chi connectivity index (χ0) is 21.1. The third-order valence-electron chi connectivity index (χ3n) is 5.39. The molecule has 5 rings (SSSR count). The summed E-state index contributed by atoms with van der Waals surface area (Å²) in [6, 6.07) is 19.3. The van der Waals surface area contributed by atoms with E-state index in [1.807, 2.05) is 6.92 Å². The maximum absolute atomic E-state index is 14.9. The van der Waals surface area contributed by atoms with Gasteiger partial charge >= 0.3 is 6.18 Å². The molecule has 3 aromatic carbocycles. The number of Topliss-reactive ketones (excluding diaryl/α,β-unsaturated/α-hetero) is 1. The van der Waals surface area contributed by atoms with Crippen LogP contribution in [0.15, 0.2) is 72.8 Å². The fourth-order valence-corrected chi connectivity index (χ4v) is 4.05. The number of hydrogen-bond donors (Lipinski definition) is 1. The van der Waals surface area contributed by atoms with E-state index in [1.54, 1.807) is 54.6 Å². The van der Waals surface area contributed by atoms with Crippen molar-refractivity contribution in [2.75, 3.05) is 5.32 Å². The predicted octanol–water partition coefficient (Wildman–Crippen LogP) is 5.54. The minimum atomic E-state index is -4.94. The number of para-hydroxylation sites is 3. The van der Waals surface area contributed by atoms with E-state index in [0.29, 0.717) is 11.1 Å². The van der Waals surface area contributed by atoms with Crippen LogP contribution in [0.3, 0.4) is 0 Å². The van der Waals surface area contributed by atoms with Crippen molar-refractivity contribution in [3.05, 3.63) is 83.9 Å². The second-order valence-electron chi connectivity index (χ2n) is 7.34. The smallest absolute Gasteiger partial charge is 0.348 e. The first-order valence-corrected chi connectivity index (χ1v) is 9.37. The molecule has 30 heavy (non-hydrogen) atoms. The van der Waals surface area contributed by atoms with Crippen molar-refractivity contribution in [2.45, 2.75) is 18.8 Å². The topological polar surface area (TPSA) is 46.9 Å². The molecule has 1 N–H and O–H groups in total. The number of alkyl halides is 3. The quantitative estimate of drug-likeness (QED) is 0.475. The summed E-state index contributed by atoms with van der Waals surface area (Å²) < 4.78 is 45.6. The van der Waals surface area contributed by atoms with Gasteiger partial charge in [-0.2, -0.15) is 13.2 Å². The van der Waals surface area contributed by atoms with Crippen LogP contribution in [-0.2, 0) is 5.66 Å². The van der Waals surface area contributed by atoms with Gasteiger partial charge in [-0.15, -0.1) is 0 Å². The molecule has 0 bridgehead atoms. The van der Waals surface area contributed by atoms with Crippen molar-refractivity contribution in [3.63, 3.8) is 0 Å². The molecule has 1 unspecified atom stereocenters. The zero-order valence-corrected chi connectivity index (χ0v) is 15.9. The molecule has 4 aromatic rings. The zero-order valence-electron chi connectivity index (χ0n) is 15.9. The molecule has 1 atom stereocenters. The van der Waals surface area contributed by atoms with Crippen molar-refractivity contribution in [3.8, 4) is 11.4 Å². The number of anilines is 1. The molecule has 0 amide bonds. The molecule has 150 valence electrons. The maximum Gasteiger partial charge on any atom is 0.438 e. The summed E-state index contributed by atoms with van der Waals surface area (Å²) in [4.78, 5) is 18.1. The lowest BCUT2D eigenvalue weighted by molar-refractivity contribution is -0.186. The summed E-state index contributed by atoms with van der Waals surface area (Å²) in [5, 5.41) is 2.52. The van der Waals surface area contributed by atoms with E-state index in [4.69, 9.17) is 0 Å². The third kappa shape index (κ3) is 2.41. The number of ketones is 1. The van der Waals surface area contributed by atoms with Crippen LogP contribution in [0.25, 0.3) is 22.4 Å². The Hall–Kier alpha value is -3.61. The lowest BCUT2D eigenvalue weighted by atomic mass is 9.87. The Morgan fingerprint density at radius 2 is 1.63 bits per heavy atom. The first kappa shape index (κ1) is 18.4. The monoisotopic (exact) mass is 407 g/mol. The normalized spacial score (nSPS) is 18.2. The number of rotatable bonds is 2. The summed E-state index contributed by atoms with van der Waals surface area (Å²) in [6.45, 7) is 1.82. The highest BCUT2D eigenvalue weighted by Gasteiger charge is 2.65. The highest BCUT2D eigenvalue weighted by molar-refractivity contribution is 6.12. The molecule has 1 aromatic heterocycles. The number of aromatic nitrogens is 2.